The third-order valence-electron chi connectivity index (χ3n) is 4.51. The Morgan fingerprint density at radius 2 is 2.14 bits per heavy atom. The molecule has 3 nitrogen and oxygen atoms in total. The second-order valence-electron chi connectivity index (χ2n) is 5.80. The minimum Gasteiger partial charge on any atom is -0.495 e. The lowest BCUT2D eigenvalue weighted by Gasteiger charge is -2.22. The van der Waals surface area contributed by atoms with E-state index in [0.29, 0.717) is 10.8 Å². The van der Waals surface area contributed by atoms with Crippen molar-refractivity contribution in [1.29, 1.82) is 0 Å². The lowest BCUT2D eigenvalue weighted by Crippen LogP contribution is -2.31. The Hall–Kier alpha value is -1.48. The summed E-state index contributed by atoms with van der Waals surface area (Å²) < 4.78 is 5.35. The van der Waals surface area contributed by atoms with Crippen LogP contribution in [0.25, 0.3) is 0 Å². The first-order valence-corrected chi connectivity index (χ1v) is 7.80. The summed E-state index contributed by atoms with van der Waals surface area (Å²) in [7, 11) is 3.50. The Kier molecular flexibility index (Phi) is 3.94. The highest BCUT2D eigenvalue weighted by Gasteiger charge is 2.33. The maximum Gasteiger partial charge on any atom is 0.233 e. The van der Waals surface area contributed by atoms with Gasteiger partial charge in [0.15, 0.2) is 0 Å². The standard InChI is InChI=1S/C17H20ClNO2/c1-19-8-7-12-9-14(18)15(21-2)10-13(12)16(17(19)20)11-5-3-4-6-11/h5,9-10,16H,3-4,6-8H2,1-2H3. The van der Waals surface area contributed by atoms with Crippen molar-refractivity contribution in [2.75, 3.05) is 20.7 Å². The van der Waals surface area contributed by atoms with Crippen molar-refractivity contribution in [2.45, 2.75) is 31.6 Å². The summed E-state index contributed by atoms with van der Waals surface area (Å²) in [5, 5.41) is 0.618. The molecule has 0 spiro atoms. The SMILES string of the molecule is COc1cc2c(cc1Cl)CCN(C)C(=O)C2C1=CCCC1. The van der Waals surface area contributed by atoms with E-state index in [9.17, 15) is 4.79 Å². The van der Waals surface area contributed by atoms with Crippen LogP contribution in [0.1, 0.15) is 36.3 Å². The largest absolute Gasteiger partial charge is 0.495 e. The number of fused-ring (bicyclic) bond motifs is 1. The monoisotopic (exact) mass is 305 g/mol. The predicted molar refractivity (Wildman–Crippen MR) is 84.0 cm³/mol. The molecule has 21 heavy (non-hydrogen) atoms. The summed E-state index contributed by atoms with van der Waals surface area (Å²) in [4.78, 5) is 14.6. The summed E-state index contributed by atoms with van der Waals surface area (Å²) in [5.41, 5.74) is 3.48. The molecule has 2 aliphatic rings. The van der Waals surface area contributed by atoms with E-state index in [1.54, 1.807) is 7.11 Å². The van der Waals surface area contributed by atoms with E-state index in [1.807, 2.05) is 24.1 Å². The molecule has 4 heteroatoms. The number of rotatable bonds is 2. The van der Waals surface area contributed by atoms with Crippen molar-refractivity contribution in [3.05, 3.63) is 39.9 Å². The van der Waals surface area contributed by atoms with Gasteiger partial charge in [-0.15, -0.1) is 0 Å². The fraction of sp³-hybridized carbons (Fsp3) is 0.471. The molecular weight excluding hydrogens is 286 g/mol. The average molecular weight is 306 g/mol. The molecule has 0 saturated carbocycles. The second-order valence-corrected chi connectivity index (χ2v) is 6.21. The first kappa shape index (κ1) is 14.5. The third-order valence-corrected chi connectivity index (χ3v) is 4.81. The zero-order valence-corrected chi connectivity index (χ0v) is 13.2. The Morgan fingerprint density at radius 1 is 1.33 bits per heavy atom. The molecule has 3 rings (SSSR count). The number of nitrogens with zero attached hydrogens (tertiary/aromatic N) is 1. The van der Waals surface area contributed by atoms with Gasteiger partial charge in [-0.05, 0) is 48.9 Å². The number of hydrogen-bond acceptors (Lipinski definition) is 2. The third kappa shape index (κ3) is 2.55. The highest BCUT2D eigenvalue weighted by atomic mass is 35.5. The Labute approximate surface area is 130 Å². The van der Waals surface area contributed by atoms with E-state index in [1.165, 1.54) is 5.57 Å². The van der Waals surface area contributed by atoms with Crippen LogP contribution in [-0.4, -0.2) is 31.5 Å². The molecule has 1 aliphatic heterocycles. The fourth-order valence-electron chi connectivity index (χ4n) is 3.32. The number of hydrogen-bond donors (Lipinski definition) is 0. The lowest BCUT2D eigenvalue weighted by atomic mass is 9.86. The van der Waals surface area contributed by atoms with Gasteiger partial charge in [0.05, 0.1) is 18.1 Å². The van der Waals surface area contributed by atoms with E-state index >= 15 is 0 Å². The maximum atomic E-state index is 12.8. The Balaban J connectivity index is 2.14. The molecule has 1 heterocycles. The molecule has 1 aromatic carbocycles. The van der Waals surface area contributed by atoms with Crippen molar-refractivity contribution in [2.24, 2.45) is 0 Å². The van der Waals surface area contributed by atoms with Gasteiger partial charge in [-0.25, -0.2) is 0 Å². The lowest BCUT2D eigenvalue weighted by molar-refractivity contribution is -0.130. The normalized spacial score (nSPS) is 21.9. The van der Waals surface area contributed by atoms with E-state index in [0.717, 1.165) is 43.4 Å². The van der Waals surface area contributed by atoms with Crippen molar-refractivity contribution < 1.29 is 9.53 Å². The first-order chi connectivity index (χ1) is 10.1. The quantitative estimate of drug-likeness (QED) is 0.782. The zero-order chi connectivity index (χ0) is 15.0. The summed E-state index contributed by atoms with van der Waals surface area (Å²) in [5.74, 6) is 0.670. The number of halogens is 1. The van der Waals surface area contributed by atoms with E-state index in [4.69, 9.17) is 16.3 Å². The van der Waals surface area contributed by atoms with E-state index in [2.05, 4.69) is 6.08 Å². The number of ether oxygens (including phenoxy) is 1. The van der Waals surface area contributed by atoms with Crippen LogP contribution in [0, 0.1) is 0 Å². The maximum absolute atomic E-state index is 12.8. The smallest absolute Gasteiger partial charge is 0.233 e. The summed E-state index contributed by atoms with van der Waals surface area (Å²) in [6, 6.07) is 3.92. The Morgan fingerprint density at radius 3 is 2.81 bits per heavy atom. The van der Waals surface area contributed by atoms with Crippen LogP contribution in [0.4, 0.5) is 0 Å². The summed E-state index contributed by atoms with van der Waals surface area (Å²) in [6.45, 7) is 0.734. The zero-order valence-electron chi connectivity index (χ0n) is 12.5. The van der Waals surface area contributed by atoms with Gasteiger partial charge < -0.3 is 9.64 Å². The van der Waals surface area contributed by atoms with Crippen LogP contribution in [0.5, 0.6) is 5.75 Å². The van der Waals surface area contributed by atoms with Crippen molar-refractivity contribution in [3.63, 3.8) is 0 Å². The summed E-state index contributed by atoms with van der Waals surface area (Å²) >= 11 is 6.26. The predicted octanol–water partition coefficient (Wildman–Crippen LogP) is 3.56. The van der Waals surface area contributed by atoms with Gasteiger partial charge in [-0.1, -0.05) is 23.3 Å². The number of allylic oxidation sites excluding steroid dienone is 1. The van der Waals surface area contributed by atoms with Gasteiger partial charge in [-0.2, -0.15) is 0 Å². The minimum absolute atomic E-state index is 0.166. The first-order valence-electron chi connectivity index (χ1n) is 7.42. The van der Waals surface area contributed by atoms with Crippen LogP contribution in [0.3, 0.4) is 0 Å². The minimum atomic E-state index is -0.166. The molecule has 1 aromatic rings. The van der Waals surface area contributed by atoms with Gasteiger partial charge in [-0.3, -0.25) is 4.79 Å². The van der Waals surface area contributed by atoms with E-state index in [-0.39, 0.29) is 11.8 Å². The van der Waals surface area contributed by atoms with Crippen LogP contribution in [0.2, 0.25) is 5.02 Å². The fourth-order valence-corrected chi connectivity index (χ4v) is 3.58. The van der Waals surface area contributed by atoms with Gasteiger partial charge in [0, 0.05) is 13.6 Å². The van der Waals surface area contributed by atoms with Crippen molar-refractivity contribution >= 4 is 17.5 Å². The second kappa shape index (κ2) is 5.72. The van der Waals surface area contributed by atoms with Gasteiger partial charge >= 0.3 is 0 Å². The number of methoxy groups -OCH3 is 1. The average Bonchev–Trinajstić information content (AvgIpc) is 2.96. The molecular formula is C17H20ClNO2. The van der Waals surface area contributed by atoms with Gasteiger partial charge in [0.25, 0.3) is 0 Å². The van der Waals surface area contributed by atoms with Crippen molar-refractivity contribution in [1.82, 2.24) is 4.90 Å². The van der Waals surface area contributed by atoms with Gasteiger partial charge in [0.1, 0.15) is 5.75 Å². The van der Waals surface area contributed by atoms with Crippen molar-refractivity contribution in [3.8, 4) is 5.75 Å². The molecule has 0 radical (unpaired) electrons. The molecule has 1 atom stereocenters. The highest BCUT2D eigenvalue weighted by Crippen LogP contribution is 2.40. The van der Waals surface area contributed by atoms with Crippen LogP contribution >= 0.6 is 11.6 Å². The molecule has 0 aromatic heterocycles. The van der Waals surface area contributed by atoms with Crippen LogP contribution in [-0.2, 0) is 11.2 Å². The number of amides is 1. The molecule has 0 saturated heterocycles. The highest BCUT2D eigenvalue weighted by molar-refractivity contribution is 6.32. The number of carbonyl (C=O) groups excluding carboxylic acids is 1. The Bertz CT molecular complexity index is 609. The summed E-state index contributed by atoms with van der Waals surface area (Å²) in [6.07, 6.45) is 6.29. The van der Waals surface area contributed by atoms with Gasteiger partial charge in [0.2, 0.25) is 5.91 Å². The molecule has 0 fully saturated rings. The molecule has 1 amide bonds. The number of carbonyl (C=O) groups is 1. The molecule has 1 aliphatic carbocycles. The molecule has 1 unspecified atom stereocenters. The van der Waals surface area contributed by atoms with E-state index < -0.39 is 0 Å². The number of benzene rings is 1. The topological polar surface area (TPSA) is 29.5 Å². The van der Waals surface area contributed by atoms with Crippen LogP contribution in [0.15, 0.2) is 23.8 Å². The molecule has 112 valence electrons. The molecule has 0 bridgehead atoms. The van der Waals surface area contributed by atoms with Crippen LogP contribution < -0.4 is 4.74 Å². The number of likely N-dealkylation sites (N-methyl/N-ethyl adjacent to an activating group) is 1. The molecule has 0 N–H and O–H groups in total.